The molecule has 0 aromatic heterocycles. The summed E-state index contributed by atoms with van der Waals surface area (Å²) in [7, 11) is -4.67. The standard InChI is InChI=1S/C13H17F2NO3S/c14-13(15,9-20(17,18)19)8-16-12-6-5-10-3-1-2-4-11(10)7-12/h1-4,12,16H,5-9H2,(H,17,18,19). The first kappa shape index (κ1) is 15.3. The molecule has 0 amide bonds. The molecule has 0 heterocycles. The van der Waals surface area contributed by atoms with E-state index in [2.05, 4.69) is 5.32 Å². The summed E-state index contributed by atoms with van der Waals surface area (Å²) in [5.41, 5.74) is 2.37. The maximum atomic E-state index is 13.4. The number of hydrogen-bond donors (Lipinski definition) is 2. The van der Waals surface area contributed by atoms with Gasteiger partial charge in [-0.15, -0.1) is 0 Å². The Balaban J connectivity index is 1.90. The third-order valence-electron chi connectivity index (χ3n) is 3.39. The summed E-state index contributed by atoms with van der Waals surface area (Å²) in [5.74, 6) is -5.01. The molecule has 1 aromatic rings. The zero-order chi connectivity index (χ0) is 14.8. The van der Waals surface area contributed by atoms with Crippen LogP contribution in [-0.4, -0.2) is 37.2 Å². The maximum absolute atomic E-state index is 13.4. The van der Waals surface area contributed by atoms with Gasteiger partial charge in [0.25, 0.3) is 16.0 Å². The van der Waals surface area contributed by atoms with E-state index in [0.717, 1.165) is 18.4 Å². The van der Waals surface area contributed by atoms with Gasteiger partial charge in [0.1, 0.15) is 5.75 Å². The Morgan fingerprint density at radius 1 is 1.30 bits per heavy atom. The Morgan fingerprint density at radius 3 is 2.60 bits per heavy atom. The summed E-state index contributed by atoms with van der Waals surface area (Å²) in [6, 6.07) is 7.76. The van der Waals surface area contributed by atoms with Gasteiger partial charge in [0.2, 0.25) is 0 Å². The highest BCUT2D eigenvalue weighted by atomic mass is 32.2. The second-order valence-corrected chi connectivity index (χ2v) is 6.62. The molecule has 7 heteroatoms. The predicted octanol–water partition coefficient (Wildman–Crippen LogP) is 1.66. The van der Waals surface area contributed by atoms with E-state index in [0.29, 0.717) is 6.42 Å². The van der Waals surface area contributed by atoms with E-state index >= 15 is 0 Å². The van der Waals surface area contributed by atoms with Crippen molar-refractivity contribution in [2.45, 2.75) is 31.2 Å². The summed E-state index contributed by atoms with van der Waals surface area (Å²) in [6.07, 6.45) is 2.20. The van der Waals surface area contributed by atoms with Gasteiger partial charge in [0.05, 0.1) is 6.54 Å². The van der Waals surface area contributed by atoms with Crippen LogP contribution in [-0.2, 0) is 23.0 Å². The molecule has 1 aliphatic carbocycles. The number of rotatable bonds is 5. The lowest BCUT2D eigenvalue weighted by molar-refractivity contribution is 0.0216. The van der Waals surface area contributed by atoms with Crippen molar-refractivity contribution in [2.24, 2.45) is 0 Å². The SMILES string of the molecule is O=S(=O)(O)CC(F)(F)CNC1CCc2ccccc2C1. The molecule has 0 radical (unpaired) electrons. The average molecular weight is 305 g/mol. The minimum Gasteiger partial charge on any atom is -0.308 e. The van der Waals surface area contributed by atoms with Crippen LogP contribution in [0.4, 0.5) is 8.78 Å². The van der Waals surface area contributed by atoms with Crippen LogP contribution in [0.25, 0.3) is 0 Å². The van der Waals surface area contributed by atoms with Crippen LogP contribution in [0.3, 0.4) is 0 Å². The predicted molar refractivity (Wildman–Crippen MR) is 71.6 cm³/mol. The van der Waals surface area contributed by atoms with Gasteiger partial charge in [-0.05, 0) is 30.4 Å². The van der Waals surface area contributed by atoms with Crippen molar-refractivity contribution in [3.05, 3.63) is 35.4 Å². The van der Waals surface area contributed by atoms with E-state index < -0.39 is 28.3 Å². The third kappa shape index (κ3) is 4.50. The minimum absolute atomic E-state index is 0.0998. The van der Waals surface area contributed by atoms with Gasteiger partial charge in [-0.3, -0.25) is 4.55 Å². The molecule has 1 aliphatic rings. The van der Waals surface area contributed by atoms with E-state index in [9.17, 15) is 17.2 Å². The topological polar surface area (TPSA) is 66.4 Å². The molecule has 2 rings (SSSR count). The van der Waals surface area contributed by atoms with Crippen molar-refractivity contribution < 1.29 is 21.8 Å². The monoisotopic (exact) mass is 305 g/mol. The third-order valence-corrected chi connectivity index (χ3v) is 4.18. The molecular formula is C13H17F2NO3S. The van der Waals surface area contributed by atoms with Crippen LogP contribution in [0.2, 0.25) is 0 Å². The van der Waals surface area contributed by atoms with Crippen molar-refractivity contribution in [2.75, 3.05) is 12.3 Å². The van der Waals surface area contributed by atoms with E-state index in [1.54, 1.807) is 0 Å². The normalized spacial score (nSPS) is 19.6. The van der Waals surface area contributed by atoms with Gasteiger partial charge < -0.3 is 5.32 Å². The summed E-state index contributed by atoms with van der Waals surface area (Å²) >= 11 is 0. The van der Waals surface area contributed by atoms with Gasteiger partial charge >= 0.3 is 0 Å². The first-order valence-corrected chi connectivity index (χ1v) is 7.99. The van der Waals surface area contributed by atoms with Crippen molar-refractivity contribution in [3.63, 3.8) is 0 Å². The number of aryl methyl sites for hydroxylation is 1. The Kier molecular flexibility index (Phi) is 4.41. The van der Waals surface area contributed by atoms with Crippen LogP contribution in [0.1, 0.15) is 17.5 Å². The summed E-state index contributed by atoms with van der Waals surface area (Å²) in [6.45, 7) is -0.750. The molecule has 1 atom stereocenters. The number of hydrogen-bond acceptors (Lipinski definition) is 3. The van der Waals surface area contributed by atoms with Crippen molar-refractivity contribution in [1.29, 1.82) is 0 Å². The Hall–Kier alpha value is -1.05. The van der Waals surface area contributed by atoms with E-state index in [4.69, 9.17) is 4.55 Å². The summed E-state index contributed by atoms with van der Waals surface area (Å²) in [4.78, 5) is 0. The molecule has 1 aromatic carbocycles. The largest absolute Gasteiger partial charge is 0.308 e. The van der Waals surface area contributed by atoms with Crippen molar-refractivity contribution in [1.82, 2.24) is 5.32 Å². The molecule has 1 unspecified atom stereocenters. The fraction of sp³-hybridized carbons (Fsp3) is 0.538. The highest BCUT2D eigenvalue weighted by molar-refractivity contribution is 7.85. The molecular weight excluding hydrogens is 288 g/mol. The van der Waals surface area contributed by atoms with Gasteiger partial charge in [0.15, 0.2) is 0 Å². The molecule has 0 spiro atoms. The van der Waals surface area contributed by atoms with Crippen molar-refractivity contribution in [3.8, 4) is 0 Å². The molecule has 20 heavy (non-hydrogen) atoms. The second kappa shape index (κ2) is 5.75. The zero-order valence-electron chi connectivity index (χ0n) is 10.9. The first-order valence-electron chi connectivity index (χ1n) is 6.38. The number of halogens is 2. The lowest BCUT2D eigenvalue weighted by atomic mass is 9.88. The quantitative estimate of drug-likeness (QED) is 0.812. The van der Waals surface area contributed by atoms with Crippen LogP contribution in [0.5, 0.6) is 0 Å². The second-order valence-electron chi connectivity index (χ2n) is 5.17. The molecule has 2 N–H and O–H groups in total. The minimum atomic E-state index is -4.67. The number of fused-ring (bicyclic) bond motifs is 1. The fourth-order valence-electron chi connectivity index (χ4n) is 2.48. The number of benzene rings is 1. The molecule has 112 valence electrons. The van der Waals surface area contributed by atoms with E-state index in [1.165, 1.54) is 5.56 Å². The molecule has 0 saturated carbocycles. The van der Waals surface area contributed by atoms with Crippen LogP contribution < -0.4 is 5.32 Å². The highest BCUT2D eigenvalue weighted by Crippen LogP contribution is 2.22. The molecule has 0 aliphatic heterocycles. The summed E-state index contributed by atoms with van der Waals surface area (Å²) < 4.78 is 56.2. The van der Waals surface area contributed by atoms with E-state index in [-0.39, 0.29) is 6.04 Å². The molecule has 0 bridgehead atoms. The van der Waals surface area contributed by atoms with Gasteiger partial charge in [-0.2, -0.15) is 8.42 Å². The average Bonchev–Trinajstić information content (AvgIpc) is 2.33. The lowest BCUT2D eigenvalue weighted by Crippen LogP contribution is -2.44. The Labute approximate surface area is 116 Å². The van der Waals surface area contributed by atoms with Crippen LogP contribution in [0, 0.1) is 0 Å². The maximum Gasteiger partial charge on any atom is 0.276 e. The van der Waals surface area contributed by atoms with Crippen molar-refractivity contribution >= 4 is 10.1 Å². The van der Waals surface area contributed by atoms with Crippen LogP contribution >= 0.6 is 0 Å². The molecule has 0 fully saturated rings. The smallest absolute Gasteiger partial charge is 0.276 e. The molecule has 4 nitrogen and oxygen atoms in total. The Bertz CT molecular complexity index is 575. The highest BCUT2D eigenvalue weighted by Gasteiger charge is 2.35. The van der Waals surface area contributed by atoms with E-state index in [1.807, 2.05) is 24.3 Å². The van der Waals surface area contributed by atoms with Gasteiger partial charge in [-0.25, -0.2) is 8.78 Å². The van der Waals surface area contributed by atoms with Gasteiger partial charge in [0, 0.05) is 6.04 Å². The first-order chi connectivity index (χ1) is 9.25. The zero-order valence-corrected chi connectivity index (χ0v) is 11.7. The Morgan fingerprint density at radius 2 is 1.95 bits per heavy atom. The number of nitrogens with one attached hydrogen (secondary N) is 1. The fourth-order valence-corrected chi connectivity index (χ4v) is 3.12. The number of alkyl halides is 2. The van der Waals surface area contributed by atoms with Gasteiger partial charge in [-0.1, -0.05) is 24.3 Å². The summed E-state index contributed by atoms with van der Waals surface area (Å²) in [5, 5.41) is 2.70. The lowest BCUT2D eigenvalue weighted by Gasteiger charge is -2.27. The van der Waals surface area contributed by atoms with Crippen LogP contribution in [0.15, 0.2) is 24.3 Å². The molecule has 0 saturated heterocycles.